The van der Waals surface area contributed by atoms with Crippen molar-refractivity contribution < 1.29 is 9.53 Å². The average Bonchev–Trinajstić information content (AvgIpc) is 2.78. The maximum absolute atomic E-state index is 11.5. The number of rotatable bonds is 4. The SMILES string of the molecule is Cc1ncsc1CCOC(=O)Nc1ccc(Cl)cc1. The molecule has 0 aliphatic heterocycles. The molecule has 0 unspecified atom stereocenters. The first kappa shape index (κ1) is 13.8. The summed E-state index contributed by atoms with van der Waals surface area (Å²) in [6.07, 6.45) is 0.217. The zero-order valence-corrected chi connectivity index (χ0v) is 11.9. The summed E-state index contributed by atoms with van der Waals surface area (Å²) in [5.41, 5.74) is 3.44. The molecule has 2 aromatic rings. The molecule has 0 spiro atoms. The summed E-state index contributed by atoms with van der Waals surface area (Å²) >= 11 is 7.32. The van der Waals surface area contributed by atoms with E-state index in [9.17, 15) is 4.79 Å². The molecule has 4 nitrogen and oxygen atoms in total. The number of amides is 1. The Bertz CT molecular complexity index is 554. The number of anilines is 1. The van der Waals surface area contributed by atoms with Crippen LogP contribution in [0.15, 0.2) is 29.8 Å². The number of carbonyl (C=O) groups excluding carboxylic acids is 1. The Morgan fingerprint density at radius 1 is 1.42 bits per heavy atom. The van der Waals surface area contributed by atoms with E-state index in [-0.39, 0.29) is 0 Å². The van der Waals surface area contributed by atoms with Crippen molar-refractivity contribution in [3.63, 3.8) is 0 Å². The lowest BCUT2D eigenvalue weighted by molar-refractivity contribution is 0.163. The van der Waals surface area contributed by atoms with Crippen LogP contribution >= 0.6 is 22.9 Å². The second kappa shape index (κ2) is 6.54. The van der Waals surface area contributed by atoms with E-state index >= 15 is 0 Å². The van der Waals surface area contributed by atoms with Crippen LogP contribution in [0, 0.1) is 6.92 Å². The van der Waals surface area contributed by atoms with Crippen LogP contribution in [0.5, 0.6) is 0 Å². The molecule has 6 heteroatoms. The van der Waals surface area contributed by atoms with Crippen molar-refractivity contribution in [3.8, 4) is 0 Å². The van der Waals surface area contributed by atoms with Crippen LogP contribution in [-0.4, -0.2) is 17.7 Å². The zero-order chi connectivity index (χ0) is 13.7. The number of hydrogen-bond donors (Lipinski definition) is 1. The number of benzene rings is 1. The van der Waals surface area contributed by atoms with Gasteiger partial charge in [0.15, 0.2) is 0 Å². The molecule has 0 radical (unpaired) electrons. The van der Waals surface area contributed by atoms with Crippen LogP contribution in [0.25, 0.3) is 0 Å². The van der Waals surface area contributed by atoms with Gasteiger partial charge >= 0.3 is 6.09 Å². The molecule has 1 aromatic carbocycles. The van der Waals surface area contributed by atoms with E-state index < -0.39 is 6.09 Å². The van der Waals surface area contributed by atoms with E-state index in [4.69, 9.17) is 16.3 Å². The Kier molecular flexibility index (Phi) is 4.76. The number of nitrogens with zero attached hydrogens (tertiary/aromatic N) is 1. The van der Waals surface area contributed by atoms with Crippen molar-refractivity contribution >= 4 is 34.7 Å². The van der Waals surface area contributed by atoms with E-state index in [0.717, 1.165) is 10.6 Å². The molecule has 0 saturated heterocycles. The fourth-order valence-electron chi connectivity index (χ4n) is 1.49. The fourth-order valence-corrected chi connectivity index (χ4v) is 2.38. The second-order valence-corrected chi connectivity index (χ2v) is 5.25. The smallest absolute Gasteiger partial charge is 0.411 e. The first-order valence-electron chi connectivity index (χ1n) is 5.73. The lowest BCUT2D eigenvalue weighted by atomic mass is 10.3. The highest BCUT2D eigenvalue weighted by atomic mass is 35.5. The quantitative estimate of drug-likeness (QED) is 0.931. The van der Waals surface area contributed by atoms with Gasteiger partial charge in [-0.25, -0.2) is 9.78 Å². The summed E-state index contributed by atoms with van der Waals surface area (Å²) < 4.78 is 5.10. The first-order chi connectivity index (χ1) is 9.15. The summed E-state index contributed by atoms with van der Waals surface area (Å²) in [5.74, 6) is 0. The Balaban J connectivity index is 1.76. The monoisotopic (exact) mass is 296 g/mol. The lowest BCUT2D eigenvalue weighted by Gasteiger charge is -2.06. The van der Waals surface area contributed by atoms with Gasteiger partial charge in [0.05, 0.1) is 17.8 Å². The van der Waals surface area contributed by atoms with E-state index in [2.05, 4.69) is 10.3 Å². The van der Waals surface area contributed by atoms with Crippen molar-refractivity contribution in [3.05, 3.63) is 45.4 Å². The maximum Gasteiger partial charge on any atom is 0.411 e. The van der Waals surface area contributed by atoms with E-state index in [0.29, 0.717) is 23.7 Å². The highest BCUT2D eigenvalue weighted by Crippen LogP contribution is 2.14. The topological polar surface area (TPSA) is 51.2 Å². The minimum atomic E-state index is -0.468. The minimum Gasteiger partial charge on any atom is -0.449 e. The third-order valence-electron chi connectivity index (χ3n) is 2.50. The number of hydrogen-bond acceptors (Lipinski definition) is 4. The number of aromatic nitrogens is 1. The highest BCUT2D eigenvalue weighted by Gasteiger charge is 2.05. The van der Waals surface area contributed by atoms with Crippen LogP contribution in [0.3, 0.4) is 0 Å². The zero-order valence-electron chi connectivity index (χ0n) is 10.4. The van der Waals surface area contributed by atoms with Crippen molar-refractivity contribution in [1.82, 2.24) is 4.98 Å². The van der Waals surface area contributed by atoms with Crippen LogP contribution < -0.4 is 5.32 Å². The molecule has 0 fully saturated rings. The number of halogens is 1. The van der Waals surface area contributed by atoms with Gasteiger partial charge in [0.1, 0.15) is 0 Å². The number of nitrogens with one attached hydrogen (secondary N) is 1. The van der Waals surface area contributed by atoms with Crippen LogP contribution in [-0.2, 0) is 11.2 Å². The molecule has 0 aliphatic rings. The molecule has 0 saturated carbocycles. The summed E-state index contributed by atoms with van der Waals surface area (Å²) in [5, 5.41) is 3.26. The number of ether oxygens (including phenoxy) is 1. The second-order valence-electron chi connectivity index (χ2n) is 3.88. The van der Waals surface area contributed by atoms with Gasteiger partial charge in [-0.3, -0.25) is 5.32 Å². The summed E-state index contributed by atoms with van der Waals surface area (Å²) in [6.45, 7) is 2.28. The van der Waals surface area contributed by atoms with Gasteiger partial charge in [0.2, 0.25) is 0 Å². The van der Waals surface area contributed by atoms with Crippen LogP contribution in [0.4, 0.5) is 10.5 Å². The van der Waals surface area contributed by atoms with Gasteiger partial charge in [-0.2, -0.15) is 0 Å². The molecule has 1 N–H and O–H groups in total. The fraction of sp³-hybridized carbons (Fsp3) is 0.231. The molecule has 2 rings (SSSR count). The predicted molar refractivity (Wildman–Crippen MR) is 77.0 cm³/mol. The van der Waals surface area contributed by atoms with Crippen molar-refractivity contribution in [2.75, 3.05) is 11.9 Å². The number of thiazole rings is 1. The molecule has 1 amide bonds. The van der Waals surface area contributed by atoms with Gasteiger partial charge in [-0.15, -0.1) is 11.3 Å². The van der Waals surface area contributed by atoms with Crippen molar-refractivity contribution in [2.45, 2.75) is 13.3 Å². The average molecular weight is 297 g/mol. The van der Waals surface area contributed by atoms with Gasteiger partial charge in [-0.1, -0.05) is 11.6 Å². The molecule has 0 aliphatic carbocycles. The highest BCUT2D eigenvalue weighted by molar-refractivity contribution is 7.09. The van der Waals surface area contributed by atoms with Gasteiger partial charge in [0, 0.05) is 22.0 Å². The molecule has 0 atom stereocenters. The Labute approximate surface area is 120 Å². The van der Waals surface area contributed by atoms with Crippen LogP contribution in [0.1, 0.15) is 10.6 Å². The van der Waals surface area contributed by atoms with Crippen LogP contribution in [0.2, 0.25) is 5.02 Å². The Hall–Kier alpha value is -1.59. The molecule has 1 aromatic heterocycles. The van der Waals surface area contributed by atoms with Gasteiger partial charge in [-0.05, 0) is 31.2 Å². The Morgan fingerprint density at radius 2 is 2.16 bits per heavy atom. The van der Waals surface area contributed by atoms with Crippen molar-refractivity contribution in [1.29, 1.82) is 0 Å². The summed E-state index contributed by atoms with van der Waals surface area (Å²) in [7, 11) is 0. The lowest BCUT2D eigenvalue weighted by Crippen LogP contribution is -2.15. The third-order valence-corrected chi connectivity index (χ3v) is 3.74. The molecule has 1 heterocycles. The molecular formula is C13H13ClN2O2S. The normalized spacial score (nSPS) is 10.2. The molecule has 19 heavy (non-hydrogen) atoms. The molecule has 100 valence electrons. The molecule has 0 bridgehead atoms. The summed E-state index contributed by atoms with van der Waals surface area (Å²) in [4.78, 5) is 16.8. The predicted octanol–water partition coefficient (Wildman–Crippen LogP) is 3.90. The van der Waals surface area contributed by atoms with Gasteiger partial charge in [0.25, 0.3) is 0 Å². The van der Waals surface area contributed by atoms with E-state index in [1.54, 1.807) is 41.1 Å². The van der Waals surface area contributed by atoms with Gasteiger partial charge < -0.3 is 4.74 Å². The number of carbonyl (C=O) groups is 1. The molecular weight excluding hydrogens is 284 g/mol. The first-order valence-corrected chi connectivity index (χ1v) is 6.99. The Morgan fingerprint density at radius 3 is 2.79 bits per heavy atom. The summed E-state index contributed by atoms with van der Waals surface area (Å²) in [6, 6.07) is 6.85. The standard InChI is InChI=1S/C13H13ClN2O2S/c1-9-12(19-8-15-9)6-7-18-13(17)16-11-4-2-10(14)3-5-11/h2-5,8H,6-7H2,1H3,(H,16,17). The number of aryl methyl sites for hydroxylation is 1. The largest absolute Gasteiger partial charge is 0.449 e. The minimum absolute atomic E-state index is 0.336. The van der Waals surface area contributed by atoms with E-state index in [1.807, 2.05) is 6.92 Å². The maximum atomic E-state index is 11.5. The third kappa shape index (κ3) is 4.22. The van der Waals surface area contributed by atoms with E-state index in [1.165, 1.54) is 0 Å². The van der Waals surface area contributed by atoms with Crippen molar-refractivity contribution in [2.24, 2.45) is 0 Å².